The van der Waals surface area contributed by atoms with Crippen molar-refractivity contribution in [3.05, 3.63) is 24.3 Å². The summed E-state index contributed by atoms with van der Waals surface area (Å²) < 4.78 is 0. The molecule has 1 aliphatic carbocycles. The van der Waals surface area contributed by atoms with Crippen molar-refractivity contribution < 1.29 is 4.79 Å². The third-order valence-corrected chi connectivity index (χ3v) is 4.51. The van der Waals surface area contributed by atoms with Gasteiger partial charge < -0.3 is 10.6 Å². The van der Waals surface area contributed by atoms with Gasteiger partial charge in [0.05, 0.1) is 0 Å². The van der Waals surface area contributed by atoms with Gasteiger partial charge in [0.1, 0.15) is 0 Å². The molecule has 1 aromatic carbocycles. The van der Waals surface area contributed by atoms with E-state index in [2.05, 4.69) is 30.5 Å². The predicted octanol–water partition coefficient (Wildman–Crippen LogP) is 4.66. The molecular formula is C18H28N2O. The molecule has 2 rings (SSSR count). The third-order valence-electron chi connectivity index (χ3n) is 4.51. The van der Waals surface area contributed by atoms with Crippen LogP contribution in [-0.4, -0.2) is 11.9 Å². The Labute approximate surface area is 128 Å². The number of nitrogens with one attached hydrogen (secondary N) is 2. The molecule has 1 amide bonds. The number of rotatable bonds is 4. The van der Waals surface area contributed by atoms with Crippen LogP contribution in [0.1, 0.15) is 52.9 Å². The summed E-state index contributed by atoms with van der Waals surface area (Å²) in [6.07, 6.45) is 6.48. The maximum Gasteiger partial charge on any atom is 0.221 e. The Kier molecular flexibility index (Phi) is 5.66. The van der Waals surface area contributed by atoms with Gasteiger partial charge >= 0.3 is 0 Å². The first-order valence-corrected chi connectivity index (χ1v) is 8.19. The molecule has 1 saturated carbocycles. The lowest BCUT2D eigenvalue weighted by atomic mass is 9.89. The van der Waals surface area contributed by atoms with Crippen LogP contribution in [0.3, 0.4) is 0 Å². The summed E-state index contributed by atoms with van der Waals surface area (Å²) in [7, 11) is 0. The lowest BCUT2D eigenvalue weighted by Gasteiger charge is -2.20. The second-order valence-electron chi connectivity index (χ2n) is 6.62. The van der Waals surface area contributed by atoms with Crippen molar-refractivity contribution in [3.8, 4) is 0 Å². The van der Waals surface area contributed by atoms with Gasteiger partial charge in [-0.1, -0.05) is 32.8 Å². The molecule has 0 spiro atoms. The number of hydrogen-bond donors (Lipinski definition) is 2. The van der Waals surface area contributed by atoms with E-state index in [-0.39, 0.29) is 5.91 Å². The highest BCUT2D eigenvalue weighted by Crippen LogP contribution is 2.30. The van der Waals surface area contributed by atoms with Gasteiger partial charge in [0.2, 0.25) is 5.91 Å². The second kappa shape index (κ2) is 7.48. The summed E-state index contributed by atoms with van der Waals surface area (Å²) in [5.74, 6) is 1.65. The van der Waals surface area contributed by atoms with Crippen molar-refractivity contribution in [2.45, 2.75) is 58.9 Å². The molecule has 2 unspecified atom stereocenters. The lowest BCUT2D eigenvalue weighted by molar-refractivity contribution is -0.114. The summed E-state index contributed by atoms with van der Waals surface area (Å²) in [5.41, 5.74) is 1.97. The van der Waals surface area contributed by atoms with E-state index < -0.39 is 0 Å². The van der Waals surface area contributed by atoms with Gasteiger partial charge in [-0.25, -0.2) is 0 Å². The van der Waals surface area contributed by atoms with E-state index >= 15 is 0 Å². The highest BCUT2D eigenvalue weighted by Gasteiger charge is 2.20. The Hall–Kier alpha value is -1.51. The fraction of sp³-hybridized carbons (Fsp3) is 0.611. The second-order valence-corrected chi connectivity index (χ2v) is 6.62. The van der Waals surface area contributed by atoms with Crippen LogP contribution < -0.4 is 10.6 Å². The molecule has 0 saturated heterocycles. The number of hydrogen-bond acceptors (Lipinski definition) is 2. The van der Waals surface area contributed by atoms with Crippen LogP contribution in [0.2, 0.25) is 0 Å². The molecule has 1 fully saturated rings. The number of carbonyl (C=O) groups excluding carboxylic acids is 1. The first-order valence-electron chi connectivity index (χ1n) is 8.19. The highest BCUT2D eigenvalue weighted by atomic mass is 16.1. The van der Waals surface area contributed by atoms with Crippen molar-refractivity contribution in [2.24, 2.45) is 11.8 Å². The molecule has 0 bridgehead atoms. The molecule has 0 aromatic heterocycles. The average molecular weight is 288 g/mol. The van der Waals surface area contributed by atoms with Gasteiger partial charge in [-0.05, 0) is 49.3 Å². The molecule has 2 N–H and O–H groups in total. The zero-order valence-electron chi connectivity index (χ0n) is 13.5. The first kappa shape index (κ1) is 15.9. The van der Waals surface area contributed by atoms with Crippen LogP contribution in [0.25, 0.3) is 0 Å². The van der Waals surface area contributed by atoms with E-state index in [9.17, 15) is 4.79 Å². The van der Waals surface area contributed by atoms with Crippen LogP contribution in [-0.2, 0) is 4.79 Å². The summed E-state index contributed by atoms with van der Waals surface area (Å²) in [6, 6.07) is 8.57. The molecule has 1 aromatic rings. The molecule has 21 heavy (non-hydrogen) atoms. The van der Waals surface area contributed by atoms with E-state index in [0.29, 0.717) is 6.04 Å². The van der Waals surface area contributed by atoms with Gasteiger partial charge in [0.15, 0.2) is 0 Å². The lowest BCUT2D eigenvalue weighted by Crippen LogP contribution is -2.19. The monoisotopic (exact) mass is 288 g/mol. The molecule has 3 nitrogen and oxygen atoms in total. The highest BCUT2D eigenvalue weighted by molar-refractivity contribution is 5.89. The molecule has 3 heteroatoms. The number of anilines is 2. The van der Waals surface area contributed by atoms with Crippen LogP contribution in [0, 0.1) is 11.8 Å². The van der Waals surface area contributed by atoms with Crippen LogP contribution in [0.15, 0.2) is 24.3 Å². The minimum Gasteiger partial charge on any atom is -0.382 e. The number of benzene rings is 1. The van der Waals surface area contributed by atoms with Crippen molar-refractivity contribution in [1.29, 1.82) is 0 Å². The summed E-state index contributed by atoms with van der Waals surface area (Å²) in [5, 5.41) is 6.48. The zero-order chi connectivity index (χ0) is 15.2. The molecule has 0 heterocycles. The Morgan fingerprint density at radius 2 is 1.90 bits per heavy atom. The molecule has 1 aliphatic rings. The fourth-order valence-corrected chi connectivity index (χ4v) is 3.27. The quantitative estimate of drug-likeness (QED) is 0.791. The van der Waals surface area contributed by atoms with E-state index in [0.717, 1.165) is 23.2 Å². The minimum absolute atomic E-state index is 0.0265. The van der Waals surface area contributed by atoms with Gasteiger partial charge in [0, 0.05) is 24.3 Å². The van der Waals surface area contributed by atoms with Crippen LogP contribution >= 0.6 is 0 Å². The summed E-state index contributed by atoms with van der Waals surface area (Å²) in [4.78, 5) is 11.1. The molecule has 0 aliphatic heterocycles. The minimum atomic E-state index is -0.0265. The van der Waals surface area contributed by atoms with Crippen molar-refractivity contribution in [3.63, 3.8) is 0 Å². The predicted molar refractivity (Wildman–Crippen MR) is 89.6 cm³/mol. The Balaban J connectivity index is 1.93. The summed E-state index contributed by atoms with van der Waals surface area (Å²) in [6.45, 7) is 6.22. The van der Waals surface area contributed by atoms with Crippen LogP contribution in [0.4, 0.5) is 11.4 Å². The normalized spacial score (nSPS) is 22.7. The van der Waals surface area contributed by atoms with E-state index in [4.69, 9.17) is 0 Å². The zero-order valence-corrected chi connectivity index (χ0v) is 13.5. The topological polar surface area (TPSA) is 41.1 Å². The standard InChI is InChI=1S/C18H28N2O/c1-13(2)15-6-4-7-16(11-10-15)20-18-9-5-8-17(12-18)19-14(3)21/h5,8-9,12-13,15-16,20H,4,6-7,10-11H2,1-3H3,(H,19,21). The first-order chi connectivity index (χ1) is 10.0. The Bertz CT molecular complexity index is 470. The van der Waals surface area contributed by atoms with Gasteiger partial charge in [-0.15, -0.1) is 0 Å². The van der Waals surface area contributed by atoms with Crippen molar-refractivity contribution in [2.75, 3.05) is 10.6 Å². The van der Waals surface area contributed by atoms with Gasteiger partial charge in [-0.3, -0.25) is 4.79 Å². The van der Waals surface area contributed by atoms with Gasteiger partial charge in [-0.2, -0.15) is 0 Å². The third kappa shape index (κ3) is 5.07. The van der Waals surface area contributed by atoms with Crippen molar-refractivity contribution in [1.82, 2.24) is 0 Å². The van der Waals surface area contributed by atoms with E-state index in [1.54, 1.807) is 0 Å². The van der Waals surface area contributed by atoms with E-state index in [1.807, 2.05) is 18.2 Å². The van der Waals surface area contributed by atoms with Gasteiger partial charge in [0.25, 0.3) is 0 Å². The Morgan fingerprint density at radius 1 is 1.14 bits per heavy atom. The molecule has 2 atom stereocenters. The maximum absolute atomic E-state index is 11.1. The molecular weight excluding hydrogens is 260 g/mol. The molecule has 116 valence electrons. The smallest absolute Gasteiger partial charge is 0.221 e. The van der Waals surface area contributed by atoms with Crippen LogP contribution in [0.5, 0.6) is 0 Å². The summed E-state index contributed by atoms with van der Waals surface area (Å²) >= 11 is 0. The largest absolute Gasteiger partial charge is 0.382 e. The van der Waals surface area contributed by atoms with Crippen molar-refractivity contribution >= 4 is 17.3 Å². The average Bonchev–Trinajstić information content (AvgIpc) is 2.64. The number of carbonyl (C=O) groups is 1. The Morgan fingerprint density at radius 3 is 2.62 bits per heavy atom. The molecule has 0 radical (unpaired) electrons. The van der Waals surface area contributed by atoms with E-state index in [1.165, 1.54) is 39.0 Å². The maximum atomic E-state index is 11.1. The number of amides is 1. The fourth-order valence-electron chi connectivity index (χ4n) is 3.27. The SMILES string of the molecule is CC(=O)Nc1cccc(NC2CCCC(C(C)C)CC2)c1.